The minimum absolute atomic E-state index is 0.0347. The van der Waals surface area contributed by atoms with Crippen molar-refractivity contribution in [1.82, 2.24) is 15.0 Å². The van der Waals surface area contributed by atoms with Gasteiger partial charge in [0.05, 0.1) is 10.8 Å². The van der Waals surface area contributed by atoms with Crippen molar-refractivity contribution in [2.45, 2.75) is 128 Å². The van der Waals surface area contributed by atoms with Gasteiger partial charge in [0.1, 0.15) is 11.2 Å². The van der Waals surface area contributed by atoms with Crippen molar-refractivity contribution in [2.75, 3.05) is 0 Å². The number of H-pyrrole nitrogens is 3. The average molecular weight is 1280 g/mol. The second kappa shape index (κ2) is 49.0. The standard InChI is InChI=1S/C14H8O2.C13H9NO.C13H8O2.C10H6O2.C9H7NO.C5H5NO.6C2H6.6CH4/c15-13-9-5-1-2-6-10(9)14(16)12-8-4-3-7-11(12)13;15-13-9-5-1-3-7-11(9)14-12-8-4-2-6-10(12)13;14-13-9-5-1-3-7-11(9)15-12-8-4-2-6-10(12)13;11-9-5-6-10(12)8-4-2-1-3-7(8)9;11-9-5-6-10-8-4-2-1-3-7(8)9;7-5-1-3-6-4-2-5;6*1-2;;;;;;/h1-8H;1-8H,(H,14,15);1-8H;1-6H;1-6H,(H,10,11);1-4H,(H,6,7);6*1-2H3;6*1H4/i;;;;;;;;;;;;6*1D. The van der Waals surface area contributed by atoms with Gasteiger partial charge in [-0.3, -0.25) is 38.4 Å². The summed E-state index contributed by atoms with van der Waals surface area (Å²) in [5.74, 6) is -0.313. The molecule has 12 heteroatoms. The quantitative estimate of drug-likeness (QED) is 0.124. The molecule has 12 nitrogen and oxygen atoms in total. The van der Waals surface area contributed by atoms with Gasteiger partial charge < -0.3 is 19.4 Å². The predicted molar refractivity (Wildman–Crippen MR) is 406 cm³/mol. The molecule has 0 unspecified atom stereocenters. The Morgan fingerprint density at radius 1 is 0.298 bits per heavy atom. The normalized spacial score (nSPS) is 10.3. The van der Waals surface area contributed by atoms with Crippen LogP contribution in [0.3, 0.4) is 0 Å². The molecule has 94 heavy (non-hydrogen) atoms. The third-order valence-electron chi connectivity index (χ3n) is 12.1. The van der Waals surface area contributed by atoms with Crippen LogP contribution in [0, 0.1) is 0 Å². The van der Waals surface area contributed by atoms with Crippen molar-refractivity contribution in [3.05, 3.63) is 317 Å². The molecule has 0 spiro atoms. The minimum atomic E-state index is -0.0924. The fourth-order valence-electron chi connectivity index (χ4n) is 8.40. The number of pyridine rings is 3. The van der Waals surface area contributed by atoms with Crippen molar-refractivity contribution in [3.63, 3.8) is 0 Å². The van der Waals surface area contributed by atoms with Gasteiger partial charge in [0, 0.05) is 111 Å². The highest BCUT2D eigenvalue weighted by Crippen LogP contribution is 2.27. The molecule has 4 aromatic heterocycles. The monoisotopic (exact) mass is 1280 g/mol. The average Bonchev–Trinajstić information content (AvgIpc) is 0.772. The highest BCUT2D eigenvalue weighted by molar-refractivity contribution is 6.28. The van der Waals surface area contributed by atoms with Crippen LogP contribution in [0.5, 0.6) is 0 Å². The van der Waals surface area contributed by atoms with E-state index in [4.69, 9.17) is 12.6 Å². The fourth-order valence-corrected chi connectivity index (χ4v) is 8.40. The molecule has 3 N–H and O–H groups in total. The highest BCUT2D eigenvalue weighted by Gasteiger charge is 2.28. The van der Waals surface area contributed by atoms with Crippen molar-refractivity contribution >= 4 is 77.8 Å². The Hall–Kier alpha value is -10.7. The smallest absolute Gasteiger partial charge is 0.200 e. The number of rotatable bonds is 0. The van der Waals surface area contributed by atoms with Crippen LogP contribution < -0.4 is 21.7 Å². The zero-order valence-electron chi connectivity index (χ0n) is 64.3. The van der Waals surface area contributed by atoms with Gasteiger partial charge in [0.15, 0.2) is 39.4 Å². The number of ketones is 4. The Balaban J connectivity index is -0.000000525. The summed E-state index contributed by atoms with van der Waals surface area (Å²) in [4.78, 5) is 101. The Morgan fingerprint density at radius 2 is 0.585 bits per heavy atom. The number of carbonyl (C=O) groups is 4. The van der Waals surface area contributed by atoms with Crippen molar-refractivity contribution < 1.29 is 31.8 Å². The van der Waals surface area contributed by atoms with Crippen LogP contribution in [0.15, 0.2) is 267 Å². The number of carbonyl (C=O) groups excluding carboxylic acids is 4. The largest absolute Gasteiger partial charge is 0.456 e. The zero-order chi connectivity index (χ0) is 77.0. The van der Waals surface area contributed by atoms with E-state index < -0.39 is 0 Å². The maximum Gasteiger partial charge on any atom is 0.200 e. The van der Waals surface area contributed by atoms with Gasteiger partial charge in [0.2, 0.25) is 5.43 Å². The summed E-state index contributed by atoms with van der Waals surface area (Å²) in [6.45, 7) is 24.0. The Morgan fingerprint density at radius 3 is 0.926 bits per heavy atom. The number of hydrogen-bond donors (Lipinski definition) is 3. The van der Waals surface area contributed by atoms with Gasteiger partial charge in [-0.1, -0.05) is 261 Å². The van der Waals surface area contributed by atoms with Crippen LogP contribution in [0.25, 0.3) is 54.6 Å². The van der Waals surface area contributed by atoms with E-state index in [1.807, 2.05) is 192 Å². The summed E-state index contributed by atoms with van der Waals surface area (Å²) < 4.78 is 40.1. The minimum Gasteiger partial charge on any atom is -0.456 e. The van der Waals surface area contributed by atoms with Gasteiger partial charge >= 0.3 is 0 Å². The molecule has 0 saturated carbocycles. The van der Waals surface area contributed by atoms with Crippen molar-refractivity contribution in [2.24, 2.45) is 0 Å². The first kappa shape index (κ1) is 77.5. The maximum absolute atomic E-state index is 12.1. The Kier molecular flexibility index (Phi) is 40.4. The van der Waals surface area contributed by atoms with Crippen molar-refractivity contribution in [3.8, 4) is 0 Å². The topological polar surface area (TPSA) is 197 Å². The molecular weight excluding hydrogens is 1170 g/mol. The third kappa shape index (κ3) is 23.8. The molecule has 2 aliphatic carbocycles. The number of aromatic nitrogens is 3. The first-order valence-electron chi connectivity index (χ1n) is 35.8. The third-order valence-corrected chi connectivity index (χ3v) is 12.1. The van der Waals surface area contributed by atoms with Crippen LogP contribution in [0.1, 0.15) is 188 Å². The summed E-state index contributed by atoms with van der Waals surface area (Å²) in [6.07, 6.45) is 7.48. The van der Waals surface area contributed by atoms with Crippen molar-refractivity contribution in [1.29, 1.82) is 0 Å². The van der Waals surface area contributed by atoms with Gasteiger partial charge in [-0.05, 0) is 72.8 Å². The number of benzene rings is 8. The van der Waals surface area contributed by atoms with Crippen LogP contribution in [0.4, 0.5) is 0 Å². The van der Waals surface area contributed by atoms with E-state index in [1.54, 1.807) is 104 Å². The lowest BCUT2D eigenvalue weighted by atomic mass is 9.84. The lowest BCUT2D eigenvalue weighted by Gasteiger charge is -2.16. The van der Waals surface area contributed by atoms with E-state index in [1.165, 1.54) is 74.8 Å². The predicted octanol–water partition coefficient (Wildman–Crippen LogP) is 21.6. The number of fused-ring (bicyclic) bond motifs is 8. The van der Waals surface area contributed by atoms with Crippen LogP contribution in [0.2, 0.25) is 0 Å². The lowest BCUT2D eigenvalue weighted by Crippen LogP contribution is -2.20. The van der Waals surface area contributed by atoms with Gasteiger partial charge in [-0.25, -0.2) is 0 Å². The maximum atomic E-state index is 12.1. The van der Waals surface area contributed by atoms with E-state index in [-0.39, 0.29) is 44.8 Å². The van der Waals surface area contributed by atoms with E-state index in [9.17, 15) is 38.4 Å². The van der Waals surface area contributed by atoms with E-state index in [0.717, 1.165) is 32.7 Å². The summed E-state index contributed by atoms with van der Waals surface area (Å²) in [5.41, 5.74) is 7.22. The number of hydrogen-bond acceptors (Lipinski definition) is 9. The fraction of sp³-hybridized carbons (Fsp3) is 0.220. The first-order chi connectivity index (χ1) is 49.1. The number of allylic oxidation sites excluding steroid dienone is 2. The number of nitrogens with one attached hydrogen (secondary N) is 3. The van der Waals surface area contributed by atoms with Crippen LogP contribution in [-0.2, 0) is 0 Å². The van der Waals surface area contributed by atoms with E-state index in [0.29, 0.717) is 55.3 Å². The zero-order valence-corrected chi connectivity index (χ0v) is 58.3. The Labute approximate surface area is 567 Å². The second-order valence-corrected chi connectivity index (χ2v) is 16.9. The molecule has 0 fully saturated rings. The molecule has 8 aromatic carbocycles. The molecular formula is C82H103N3O9. The number of para-hydroxylation sites is 5. The molecule has 2 aliphatic rings. The molecule has 12 aromatic rings. The van der Waals surface area contributed by atoms with Gasteiger partial charge in [-0.2, -0.15) is 0 Å². The molecule has 0 saturated heterocycles. The SMILES string of the molecule is CC.CC.CC.CC.CC.CC.O=C1C=CC(=O)c2ccccc21.O=C1c2ccccc2C(=O)c2ccccc21.O=c1c2ccccc2[nH]c2ccccc12.O=c1c2ccccc2oc2ccccc12.O=c1cc[nH]c2ccccc12.O=c1cc[nH]cc1.[2H]C.[2H]C.[2H]C.[2H]C.[2H]C.[2H]C. The van der Waals surface area contributed by atoms with Gasteiger partial charge in [0.25, 0.3) is 0 Å². The second-order valence-electron chi connectivity index (χ2n) is 16.9. The van der Waals surface area contributed by atoms with Crippen LogP contribution >= 0.6 is 0 Å². The molecule has 0 aliphatic heterocycles. The summed E-state index contributed by atoms with van der Waals surface area (Å²) in [7, 11) is 7.50. The molecule has 500 valence electrons. The lowest BCUT2D eigenvalue weighted by molar-refractivity contribution is 0.0979. The molecule has 4 heterocycles. The van der Waals surface area contributed by atoms with E-state index >= 15 is 0 Å². The van der Waals surface area contributed by atoms with Crippen LogP contribution in [-0.4, -0.2) is 38.1 Å². The summed E-state index contributed by atoms with van der Waals surface area (Å²) in [5, 5.41) is 3.51. The summed E-state index contributed by atoms with van der Waals surface area (Å²) in [6, 6.07) is 62.4. The van der Waals surface area contributed by atoms with Gasteiger partial charge in [-0.15, -0.1) is 0 Å². The molecule has 0 amide bonds. The highest BCUT2D eigenvalue weighted by atomic mass is 16.3. The number of aromatic amines is 3. The molecule has 0 atom stereocenters. The molecule has 0 radical (unpaired) electrons. The van der Waals surface area contributed by atoms with E-state index in [2.05, 4.69) is 15.0 Å². The molecule has 0 bridgehead atoms. The summed E-state index contributed by atoms with van der Waals surface area (Å²) >= 11 is 0. The molecule has 14 rings (SSSR count). The first-order valence-corrected chi connectivity index (χ1v) is 29.8. The Bertz CT molecular complexity index is 4080.